The molecule has 0 aliphatic carbocycles. The van der Waals surface area contributed by atoms with Gasteiger partial charge in [0.25, 0.3) is 0 Å². The van der Waals surface area contributed by atoms with E-state index in [1.807, 2.05) is 18.2 Å². The van der Waals surface area contributed by atoms with E-state index in [2.05, 4.69) is 5.32 Å². The highest BCUT2D eigenvalue weighted by Crippen LogP contribution is 2.17. The molecule has 1 atom stereocenters. The first-order valence-corrected chi connectivity index (χ1v) is 6.75. The van der Waals surface area contributed by atoms with Gasteiger partial charge in [0.05, 0.1) is 0 Å². The number of carbonyl (C=O) groups excluding carboxylic acids is 2. The first-order valence-electron chi connectivity index (χ1n) is 6.37. The normalized spacial score (nSPS) is 18.4. The summed E-state index contributed by atoms with van der Waals surface area (Å²) in [6, 6.07) is 7.04. The van der Waals surface area contributed by atoms with Crippen LogP contribution in [-0.2, 0) is 16.1 Å². The maximum atomic E-state index is 12.1. The predicted molar refractivity (Wildman–Crippen MR) is 73.7 cm³/mol. The summed E-state index contributed by atoms with van der Waals surface area (Å²) in [7, 11) is 0. The third kappa shape index (κ3) is 3.47. The molecule has 5 heteroatoms. The minimum Gasteiger partial charge on any atom is -0.350 e. The van der Waals surface area contributed by atoms with Gasteiger partial charge in [0.2, 0.25) is 11.8 Å². The van der Waals surface area contributed by atoms with Crippen LogP contribution >= 0.6 is 11.6 Å². The minimum absolute atomic E-state index is 0.0413. The van der Waals surface area contributed by atoms with Gasteiger partial charge in [-0.15, -0.1) is 0 Å². The van der Waals surface area contributed by atoms with Gasteiger partial charge in [0, 0.05) is 25.0 Å². The van der Waals surface area contributed by atoms with Crippen molar-refractivity contribution in [1.29, 1.82) is 0 Å². The molecule has 0 unspecified atom stereocenters. The molecule has 1 N–H and O–H groups in total. The summed E-state index contributed by atoms with van der Waals surface area (Å²) in [4.78, 5) is 25.1. The fourth-order valence-electron chi connectivity index (χ4n) is 2.37. The third-order valence-electron chi connectivity index (χ3n) is 3.32. The maximum Gasteiger partial charge on any atom is 0.243 e. The Morgan fingerprint density at radius 3 is 2.95 bits per heavy atom. The smallest absolute Gasteiger partial charge is 0.243 e. The lowest BCUT2D eigenvalue weighted by Crippen LogP contribution is -2.44. The van der Waals surface area contributed by atoms with Gasteiger partial charge in [-0.25, -0.2) is 0 Å². The number of hydrogen-bond acceptors (Lipinski definition) is 2. The molecular weight excluding hydrogens is 264 g/mol. The van der Waals surface area contributed by atoms with E-state index in [-0.39, 0.29) is 17.9 Å². The van der Waals surface area contributed by atoms with E-state index in [0.717, 1.165) is 18.4 Å². The van der Waals surface area contributed by atoms with Crippen molar-refractivity contribution in [3.63, 3.8) is 0 Å². The second-order valence-electron chi connectivity index (χ2n) is 4.72. The molecule has 1 fully saturated rings. The van der Waals surface area contributed by atoms with Gasteiger partial charge in [-0.1, -0.05) is 23.7 Å². The van der Waals surface area contributed by atoms with E-state index in [1.165, 1.54) is 6.92 Å². The van der Waals surface area contributed by atoms with Crippen molar-refractivity contribution in [2.24, 2.45) is 0 Å². The summed E-state index contributed by atoms with van der Waals surface area (Å²) in [6.07, 6.45) is 1.62. The van der Waals surface area contributed by atoms with Gasteiger partial charge in [-0.2, -0.15) is 0 Å². The Bertz CT molecular complexity index is 490. The van der Waals surface area contributed by atoms with Gasteiger partial charge in [0.15, 0.2) is 0 Å². The lowest BCUT2D eigenvalue weighted by Gasteiger charge is -2.22. The average Bonchev–Trinajstić information content (AvgIpc) is 2.85. The van der Waals surface area contributed by atoms with E-state index in [9.17, 15) is 9.59 Å². The van der Waals surface area contributed by atoms with Crippen LogP contribution in [0.4, 0.5) is 0 Å². The van der Waals surface area contributed by atoms with Crippen molar-refractivity contribution in [2.45, 2.75) is 32.4 Å². The number of amides is 2. The van der Waals surface area contributed by atoms with E-state index >= 15 is 0 Å². The van der Waals surface area contributed by atoms with Crippen LogP contribution in [0.1, 0.15) is 25.3 Å². The Labute approximate surface area is 117 Å². The second kappa shape index (κ2) is 6.06. The summed E-state index contributed by atoms with van der Waals surface area (Å²) in [6.45, 7) is 2.61. The number of halogens is 1. The molecule has 1 saturated heterocycles. The molecule has 19 heavy (non-hydrogen) atoms. The highest BCUT2D eigenvalue weighted by molar-refractivity contribution is 6.30. The van der Waals surface area contributed by atoms with E-state index < -0.39 is 0 Å². The molecule has 2 amide bonds. The van der Waals surface area contributed by atoms with Crippen LogP contribution in [0.3, 0.4) is 0 Å². The number of likely N-dealkylation sites (tertiary alicyclic amines) is 1. The molecule has 0 spiro atoms. The van der Waals surface area contributed by atoms with Crippen LogP contribution in [0, 0.1) is 0 Å². The van der Waals surface area contributed by atoms with E-state index in [0.29, 0.717) is 18.1 Å². The molecule has 1 aromatic rings. The zero-order chi connectivity index (χ0) is 13.8. The molecule has 1 aromatic carbocycles. The van der Waals surface area contributed by atoms with Crippen LogP contribution in [0.5, 0.6) is 0 Å². The van der Waals surface area contributed by atoms with Crippen LogP contribution < -0.4 is 5.32 Å². The van der Waals surface area contributed by atoms with Crippen LogP contribution in [0.15, 0.2) is 24.3 Å². The molecule has 4 nitrogen and oxygen atoms in total. The summed E-state index contributed by atoms with van der Waals surface area (Å²) in [5, 5.41) is 3.51. The monoisotopic (exact) mass is 280 g/mol. The van der Waals surface area contributed by atoms with Crippen molar-refractivity contribution in [3.8, 4) is 0 Å². The highest BCUT2D eigenvalue weighted by atomic mass is 35.5. The Morgan fingerprint density at radius 1 is 1.47 bits per heavy atom. The predicted octanol–water partition coefficient (Wildman–Crippen LogP) is 1.97. The first-order chi connectivity index (χ1) is 9.08. The Hall–Kier alpha value is -1.55. The van der Waals surface area contributed by atoms with Crippen molar-refractivity contribution in [2.75, 3.05) is 6.54 Å². The second-order valence-corrected chi connectivity index (χ2v) is 5.15. The quantitative estimate of drug-likeness (QED) is 0.920. The van der Waals surface area contributed by atoms with Gasteiger partial charge >= 0.3 is 0 Å². The Balaban J connectivity index is 1.92. The van der Waals surface area contributed by atoms with E-state index in [1.54, 1.807) is 11.0 Å². The number of rotatable bonds is 3. The van der Waals surface area contributed by atoms with Gasteiger partial charge in [-0.05, 0) is 30.5 Å². The molecular formula is C14H17ClN2O2. The molecule has 1 aliphatic heterocycles. The lowest BCUT2D eigenvalue weighted by molar-refractivity contribution is -0.136. The van der Waals surface area contributed by atoms with Crippen LogP contribution in [-0.4, -0.2) is 29.3 Å². The number of nitrogens with zero attached hydrogens (tertiary/aromatic N) is 1. The minimum atomic E-state index is -0.323. The number of nitrogens with one attached hydrogen (secondary N) is 1. The molecule has 0 saturated carbocycles. The average molecular weight is 281 g/mol. The van der Waals surface area contributed by atoms with Gasteiger partial charge < -0.3 is 10.2 Å². The van der Waals surface area contributed by atoms with Crippen LogP contribution in [0.2, 0.25) is 5.02 Å². The molecule has 0 aromatic heterocycles. The molecule has 102 valence electrons. The molecule has 1 heterocycles. The van der Waals surface area contributed by atoms with Crippen molar-refractivity contribution in [1.82, 2.24) is 10.2 Å². The maximum absolute atomic E-state index is 12.1. The summed E-state index contributed by atoms with van der Waals surface area (Å²) < 4.78 is 0. The Morgan fingerprint density at radius 2 is 2.26 bits per heavy atom. The molecule has 0 radical (unpaired) electrons. The van der Waals surface area contributed by atoms with Crippen molar-refractivity contribution >= 4 is 23.4 Å². The largest absolute Gasteiger partial charge is 0.350 e. The molecule has 2 rings (SSSR count). The summed E-state index contributed by atoms with van der Waals surface area (Å²) in [5.74, 6) is -0.131. The summed E-state index contributed by atoms with van der Waals surface area (Å²) in [5.41, 5.74) is 0.952. The van der Waals surface area contributed by atoms with E-state index in [4.69, 9.17) is 11.6 Å². The van der Waals surface area contributed by atoms with Gasteiger partial charge in [-0.3, -0.25) is 9.59 Å². The van der Waals surface area contributed by atoms with Crippen molar-refractivity contribution in [3.05, 3.63) is 34.9 Å². The SMILES string of the molecule is CC(=O)N1CCC[C@H]1C(=O)NCc1cccc(Cl)c1. The number of benzene rings is 1. The zero-order valence-corrected chi connectivity index (χ0v) is 11.6. The summed E-state index contributed by atoms with van der Waals surface area (Å²) >= 11 is 5.89. The zero-order valence-electron chi connectivity index (χ0n) is 10.9. The standard InChI is InChI=1S/C14H17ClN2O2/c1-10(18)17-7-3-6-13(17)14(19)16-9-11-4-2-5-12(15)8-11/h2,4-5,8,13H,3,6-7,9H2,1H3,(H,16,19)/t13-/m0/s1. The van der Waals surface area contributed by atoms with Gasteiger partial charge in [0.1, 0.15) is 6.04 Å². The topological polar surface area (TPSA) is 49.4 Å². The number of hydrogen-bond donors (Lipinski definition) is 1. The van der Waals surface area contributed by atoms with Crippen LogP contribution in [0.25, 0.3) is 0 Å². The first kappa shape index (κ1) is 13.9. The highest BCUT2D eigenvalue weighted by Gasteiger charge is 2.31. The fourth-order valence-corrected chi connectivity index (χ4v) is 2.58. The molecule has 0 bridgehead atoms. The lowest BCUT2D eigenvalue weighted by atomic mass is 10.2. The number of carbonyl (C=O) groups is 2. The third-order valence-corrected chi connectivity index (χ3v) is 3.55. The molecule has 1 aliphatic rings. The Kier molecular flexibility index (Phi) is 4.43. The van der Waals surface area contributed by atoms with Crippen molar-refractivity contribution < 1.29 is 9.59 Å². The fraction of sp³-hybridized carbons (Fsp3) is 0.429.